The molecule has 0 aromatic carbocycles. The Labute approximate surface area is 143 Å². The monoisotopic (exact) mass is 327 g/mol. The molecule has 3 heterocycles. The summed E-state index contributed by atoms with van der Waals surface area (Å²) in [7, 11) is 0. The highest BCUT2D eigenvalue weighted by Crippen LogP contribution is 2.21. The van der Waals surface area contributed by atoms with Crippen molar-refractivity contribution in [3.8, 4) is 6.07 Å². The third kappa shape index (κ3) is 4.04. The second-order valence-corrected chi connectivity index (χ2v) is 6.55. The van der Waals surface area contributed by atoms with Crippen LogP contribution in [0.15, 0.2) is 24.4 Å². The molecule has 128 valence electrons. The second-order valence-electron chi connectivity index (χ2n) is 6.55. The third-order valence-corrected chi connectivity index (χ3v) is 4.96. The van der Waals surface area contributed by atoms with E-state index in [1.165, 1.54) is 0 Å². The van der Waals surface area contributed by atoms with Gasteiger partial charge in [0.15, 0.2) is 0 Å². The largest absolute Gasteiger partial charge is 0.353 e. The zero-order valence-electron chi connectivity index (χ0n) is 14.1. The highest BCUT2D eigenvalue weighted by atomic mass is 16.2. The van der Waals surface area contributed by atoms with Crippen molar-refractivity contribution in [1.82, 2.24) is 14.8 Å². The molecule has 2 saturated heterocycles. The first-order valence-electron chi connectivity index (χ1n) is 8.82. The number of anilines is 1. The Kier molecular flexibility index (Phi) is 5.65. The minimum absolute atomic E-state index is 0.0962. The van der Waals surface area contributed by atoms with Crippen molar-refractivity contribution in [3.05, 3.63) is 24.4 Å². The first kappa shape index (κ1) is 16.7. The molecule has 0 N–H and O–H groups in total. The van der Waals surface area contributed by atoms with Gasteiger partial charge in [-0.2, -0.15) is 5.26 Å². The maximum absolute atomic E-state index is 12.8. The Morgan fingerprint density at radius 1 is 1.25 bits per heavy atom. The van der Waals surface area contributed by atoms with Crippen molar-refractivity contribution < 1.29 is 4.79 Å². The van der Waals surface area contributed by atoms with E-state index in [4.69, 9.17) is 5.26 Å². The summed E-state index contributed by atoms with van der Waals surface area (Å²) in [6, 6.07) is 8.13. The summed E-state index contributed by atoms with van der Waals surface area (Å²) < 4.78 is 0. The van der Waals surface area contributed by atoms with E-state index in [2.05, 4.69) is 20.9 Å². The number of piperidine rings is 1. The molecule has 0 bridgehead atoms. The van der Waals surface area contributed by atoms with Crippen LogP contribution in [0.4, 0.5) is 5.82 Å². The van der Waals surface area contributed by atoms with Gasteiger partial charge in [-0.25, -0.2) is 4.98 Å². The molecule has 0 saturated carbocycles. The predicted octanol–water partition coefficient (Wildman–Crippen LogP) is 1.36. The van der Waals surface area contributed by atoms with Gasteiger partial charge in [0.05, 0.1) is 12.0 Å². The Morgan fingerprint density at radius 3 is 2.79 bits per heavy atom. The summed E-state index contributed by atoms with van der Waals surface area (Å²) in [5, 5.41) is 8.73. The van der Waals surface area contributed by atoms with Gasteiger partial charge < -0.3 is 14.7 Å². The first-order valence-corrected chi connectivity index (χ1v) is 8.82. The SMILES string of the molecule is N#CCCN1CCCC(C(=O)N2CCN(c3ccccn3)CC2)C1. The van der Waals surface area contributed by atoms with Crippen molar-refractivity contribution in [2.24, 2.45) is 5.92 Å². The molecular weight excluding hydrogens is 302 g/mol. The highest BCUT2D eigenvalue weighted by molar-refractivity contribution is 5.79. The van der Waals surface area contributed by atoms with E-state index in [0.29, 0.717) is 6.42 Å². The van der Waals surface area contributed by atoms with Crippen molar-refractivity contribution in [2.75, 3.05) is 50.7 Å². The number of nitrogens with zero attached hydrogens (tertiary/aromatic N) is 5. The standard InChI is InChI=1S/C18H25N5O/c19-7-4-10-21-9-3-5-16(15-21)18(24)23-13-11-22(12-14-23)17-6-1-2-8-20-17/h1-2,6,8,16H,3-5,9-15H2. The molecule has 6 heteroatoms. The Bertz CT molecular complexity index is 577. The summed E-state index contributed by atoms with van der Waals surface area (Å²) >= 11 is 0. The van der Waals surface area contributed by atoms with Gasteiger partial charge in [-0.15, -0.1) is 0 Å². The van der Waals surface area contributed by atoms with Gasteiger partial charge in [-0.1, -0.05) is 6.07 Å². The van der Waals surface area contributed by atoms with E-state index in [9.17, 15) is 4.79 Å². The molecule has 1 aromatic rings. The van der Waals surface area contributed by atoms with Crippen LogP contribution in [0, 0.1) is 17.2 Å². The fraction of sp³-hybridized carbons (Fsp3) is 0.611. The van der Waals surface area contributed by atoms with E-state index in [1.807, 2.05) is 29.3 Å². The summed E-state index contributed by atoms with van der Waals surface area (Å²) in [5.41, 5.74) is 0. The zero-order valence-corrected chi connectivity index (χ0v) is 14.1. The summed E-state index contributed by atoms with van der Waals surface area (Å²) in [5.74, 6) is 1.38. The average molecular weight is 327 g/mol. The molecule has 0 aliphatic carbocycles. The fourth-order valence-corrected chi connectivity index (χ4v) is 3.62. The van der Waals surface area contributed by atoms with Crippen LogP contribution in [-0.2, 0) is 4.79 Å². The minimum Gasteiger partial charge on any atom is -0.353 e. The normalized spacial score (nSPS) is 22.2. The van der Waals surface area contributed by atoms with Crippen molar-refractivity contribution in [1.29, 1.82) is 5.26 Å². The molecule has 6 nitrogen and oxygen atoms in total. The van der Waals surface area contributed by atoms with E-state index in [-0.39, 0.29) is 11.8 Å². The number of aromatic nitrogens is 1. The molecular formula is C18H25N5O. The molecule has 0 radical (unpaired) electrons. The quantitative estimate of drug-likeness (QED) is 0.835. The number of carbonyl (C=O) groups excluding carboxylic acids is 1. The lowest BCUT2D eigenvalue weighted by Crippen LogP contribution is -2.52. The second kappa shape index (κ2) is 8.11. The number of likely N-dealkylation sites (tertiary alicyclic amines) is 1. The van der Waals surface area contributed by atoms with Gasteiger partial charge in [0, 0.05) is 51.9 Å². The molecule has 24 heavy (non-hydrogen) atoms. The molecule has 0 spiro atoms. The highest BCUT2D eigenvalue weighted by Gasteiger charge is 2.31. The van der Waals surface area contributed by atoms with Crippen LogP contribution in [0.25, 0.3) is 0 Å². The number of nitriles is 1. The molecule has 1 amide bonds. The number of hydrogen-bond donors (Lipinski definition) is 0. The number of amides is 1. The van der Waals surface area contributed by atoms with Crippen LogP contribution in [0.3, 0.4) is 0 Å². The van der Waals surface area contributed by atoms with Gasteiger partial charge >= 0.3 is 0 Å². The van der Waals surface area contributed by atoms with Crippen LogP contribution in [0.1, 0.15) is 19.3 Å². The Hall–Kier alpha value is -2.13. The van der Waals surface area contributed by atoms with E-state index >= 15 is 0 Å². The van der Waals surface area contributed by atoms with Crippen molar-refractivity contribution >= 4 is 11.7 Å². The molecule has 2 fully saturated rings. The van der Waals surface area contributed by atoms with E-state index in [1.54, 1.807) is 0 Å². The average Bonchev–Trinajstić information content (AvgIpc) is 2.67. The smallest absolute Gasteiger partial charge is 0.227 e. The number of carbonyl (C=O) groups is 1. The van der Waals surface area contributed by atoms with E-state index < -0.39 is 0 Å². The van der Waals surface area contributed by atoms with Crippen LogP contribution in [0.5, 0.6) is 0 Å². The van der Waals surface area contributed by atoms with Gasteiger partial charge in [-0.05, 0) is 31.5 Å². The summed E-state index contributed by atoms with van der Waals surface area (Å²) in [4.78, 5) is 23.7. The van der Waals surface area contributed by atoms with Gasteiger partial charge in [0.2, 0.25) is 5.91 Å². The lowest BCUT2D eigenvalue weighted by atomic mass is 9.96. The van der Waals surface area contributed by atoms with Crippen LogP contribution >= 0.6 is 0 Å². The molecule has 1 unspecified atom stereocenters. The van der Waals surface area contributed by atoms with Gasteiger partial charge in [0.1, 0.15) is 5.82 Å². The van der Waals surface area contributed by atoms with Crippen LogP contribution in [0.2, 0.25) is 0 Å². The minimum atomic E-state index is 0.0962. The lowest BCUT2D eigenvalue weighted by Gasteiger charge is -2.39. The third-order valence-electron chi connectivity index (χ3n) is 4.96. The number of rotatable bonds is 4. The molecule has 1 atom stereocenters. The topological polar surface area (TPSA) is 63.5 Å². The predicted molar refractivity (Wildman–Crippen MR) is 92.4 cm³/mol. The number of piperazine rings is 1. The Morgan fingerprint density at radius 2 is 2.08 bits per heavy atom. The maximum Gasteiger partial charge on any atom is 0.227 e. The summed E-state index contributed by atoms with van der Waals surface area (Å²) in [6.45, 7) is 5.82. The molecule has 2 aliphatic rings. The molecule has 2 aliphatic heterocycles. The maximum atomic E-state index is 12.8. The zero-order chi connectivity index (χ0) is 16.8. The van der Waals surface area contributed by atoms with Crippen LogP contribution < -0.4 is 4.90 Å². The summed E-state index contributed by atoms with van der Waals surface area (Å²) in [6.07, 6.45) is 4.38. The Balaban J connectivity index is 1.50. The first-order chi connectivity index (χ1) is 11.8. The van der Waals surface area contributed by atoms with Crippen molar-refractivity contribution in [2.45, 2.75) is 19.3 Å². The van der Waals surface area contributed by atoms with Crippen molar-refractivity contribution in [3.63, 3.8) is 0 Å². The number of pyridine rings is 1. The lowest BCUT2D eigenvalue weighted by molar-refractivity contribution is -0.137. The van der Waals surface area contributed by atoms with Crippen LogP contribution in [-0.4, -0.2) is 66.5 Å². The van der Waals surface area contributed by atoms with E-state index in [0.717, 1.165) is 64.5 Å². The van der Waals surface area contributed by atoms with Gasteiger partial charge in [-0.3, -0.25) is 4.79 Å². The van der Waals surface area contributed by atoms with Gasteiger partial charge in [0.25, 0.3) is 0 Å². The molecule has 1 aromatic heterocycles. The molecule has 3 rings (SSSR count). The number of hydrogen-bond acceptors (Lipinski definition) is 5. The fourth-order valence-electron chi connectivity index (χ4n) is 3.62.